The van der Waals surface area contributed by atoms with Crippen molar-refractivity contribution in [3.05, 3.63) is 58.1 Å². The lowest BCUT2D eigenvalue weighted by atomic mass is 10.1. The van der Waals surface area contributed by atoms with Gasteiger partial charge in [-0.1, -0.05) is 28.1 Å². The van der Waals surface area contributed by atoms with Crippen LogP contribution in [-0.2, 0) is 11.2 Å². The van der Waals surface area contributed by atoms with E-state index in [9.17, 15) is 9.90 Å². The molecule has 0 atom stereocenters. The molecule has 0 aliphatic carbocycles. The van der Waals surface area contributed by atoms with Gasteiger partial charge in [0.05, 0.1) is 6.42 Å². The normalized spacial score (nSPS) is 10.2. The van der Waals surface area contributed by atoms with Crippen molar-refractivity contribution in [3.8, 4) is 5.75 Å². The number of amides is 1. The van der Waals surface area contributed by atoms with Crippen LogP contribution in [-0.4, -0.2) is 11.0 Å². The van der Waals surface area contributed by atoms with Gasteiger partial charge in [0, 0.05) is 10.2 Å². The van der Waals surface area contributed by atoms with E-state index in [1.807, 2.05) is 31.2 Å². The van der Waals surface area contributed by atoms with Gasteiger partial charge in [-0.15, -0.1) is 0 Å². The second kappa shape index (κ2) is 5.89. The number of phenolic OH excluding ortho intramolecular Hbond substituents is 1. The minimum absolute atomic E-state index is 0.101. The van der Waals surface area contributed by atoms with E-state index in [2.05, 4.69) is 21.2 Å². The van der Waals surface area contributed by atoms with Gasteiger partial charge in [-0.25, -0.2) is 0 Å². The first-order valence-electron chi connectivity index (χ1n) is 5.88. The predicted octanol–water partition coefficient (Wildman–Crippen LogP) is 3.64. The van der Waals surface area contributed by atoms with Crippen molar-refractivity contribution in [1.82, 2.24) is 0 Å². The Morgan fingerprint density at radius 1 is 1.26 bits per heavy atom. The van der Waals surface area contributed by atoms with E-state index in [0.29, 0.717) is 0 Å². The summed E-state index contributed by atoms with van der Waals surface area (Å²) in [5.41, 5.74) is 2.58. The highest BCUT2D eigenvalue weighted by atomic mass is 79.9. The van der Waals surface area contributed by atoms with Crippen molar-refractivity contribution in [2.45, 2.75) is 13.3 Å². The summed E-state index contributed by atoms with van der Waals surface area (Å²) in [7, 11) is 0. The number of anilines is 1. The largest absolute Gasteiger partial charge is 0.508 e. The molecule has 3 nitrogen and oxygen atoms in total. The van der Waals surface area contributed by atoms with Crippen molar-refractivity contribution < 1.29 is 9.90 Å². The molecule has 0 unspecified atom stereocenters. The highest BCUT2D eigenvalue weighted by molar-refractivity contribution is 9.10. The molecule has 0 spiro atoms. The van der Waals surface area contributed by atoms with Crippen LogP contribution in [0.15, 0.2) is 46.9 Å². The number of carbonyl (C=O) groups excluding carboxylic acids is 1. The summed E-state index contributed by atoms with van der Waals surface area (Å²) in [6, 6.07) is 12.4. The van der Waals surface area contributed by atoms with Gasteiger partial charge in [0.2, 0.25) is 5.91 Å². The quantitative estimate of drug-likeness (QED) is 0.907. The van der Waals surface area contributed by atoms with Gasteiger partial charge < -0.3 is 10.4 Å². The standard InChI is InChI=1S/C15H14BrNO2/c1-10-7-12(16)5-6-14(10)17-15(19)9-11-3-2-4-13(18)8-11/h2-8,18H,9H2,1H3,(H,17,19). The number of aryl methyl sites for hydroxylation is 1. The maximum absolute atomic E-state index is 11.9. The van der Waals surface area contributed by atoms with Crippen LogP contribution in [0, 0.1) is 6.92 Å². The number of benzene rings is 2. The van der Waals surface area contributed by atoms with Crippen LogP contribution >= 0.6 is 15.9 Å². The number of hydrogen-bond acceptors (Lipinski definition) is 2. The smallest absolute Gasteiger partial charge is 0.228 e. The van der Waals surface area contributed by atoms with Crippen molar-refractivity contribution in [1.29, 1.82) is 0 Å². The first-order valence-corrected chi connectivity index (χ1v) is 6.68. The maximum Gasteiger partial charge on any atom is 0.228 e. The second-order valence-electron chi connectivity index (χ2n) is 4.35. The van der Waals surface area contributed by atoms with E-state index in [4.69, 9.17) is 0 Å². The number of nitrogens with one attached hydrogen (secondary N) is 1. The summed E-state index contributed by atoms with van der Waals surface area (Å²) in [5.74, 6) is 0.0705. The van der Waals surface area contributed by atoms with Crippen molar-refractivity contribution in [2.24, 2.45) is 0 Å². The van der Waals surface area contributed by atoms with Crippen molar-refractivity contribution in [2.75, 3.05) is 5.32 Å². The first kappa shape index (κ1) is 13.6. The van der Waals surface area contributed by atoms with Gasteiger partial charge in [-0.05, 0) is 48.4 Å². The van der Waals surface area contributed by atoms with Crippen LogP contribution in [0.1, 0.15) is 11.1 Å². The molecule has 0 aromatic heterocycles. The van der Waals surface area contributed by atoms with E-state index in [0.717, 1.165) is 21.3 Å². The average Bonchev–Trinajstić information content (AvgIpc) is 2.33. The van der Waals surface area contributed by atoms with Gasteiger partial charge in [-0.2, -0.15) is 0 Å². The van der Waals surface area contributed by atoms with E-state index >= 15 is 0 Å². The molecule has 0 saturated heterocycles. The molecule has 4 heteroatoms. The molecule has 0 saturated carbocycles. The Labute approximate surface area is 120 Å². The fourth-order valence-electron chi connectivity index (χ4n) is 1.81. The zero-order valence-corrected chi connectivity index (χ0v) is 12.1. The molecule has 0 aliphatic heterocycles. The number of phenols is 1. The summed E-state index contributed by atoms with van der Waals surface area (Å²) in [6.07, 6.45) is 0.240. The van der Waals surface area contributed by atoms with Gasteiger partial charge in [-0.3, -0.25) is 4.79 Å². The number of halogens is 1. The fourth-order valence-corrected chi connectivity index (χ4v) is 2.29. The van der Waals surface area contributed by atoms with E-state index < -0.39 is 0 Å². The van der Waals surface area contributed by atoms with Gasteiger partial charge >= 0.3 is 0 Å². The third-order valence-electron chi connectivity index (χ3n) is 2.74. The lowest BCUT2D eigenvalue weighted by Crippen LogP contribution is -2.15. The minimum atomic E-state index is -0.101. The molecule has 0 heterocycles. The summed E-state index contributed by atoms with van der Waals surface area (Å²) in [4.78, 5) is 11.9. The predicted molar refractivity (Wildman–Crippen MR) is 79.3 cm³/mol. The Morgan fingerprint density at radius 3 is 2.74 bits per heavy atom. The highest BCUT2D eigenvalue weighted by Gasteiger charge is 2.06. The molecule has 0 radical (unpaired) electrons. The molecular weight excluding hydrogens is 306 g/mol. The topological polar surface area (TPSA) is 49.3 Å². The first-order chi connectivity index (χ1) is 9.04. The Hall–Kier alpha value is -1.81. The summed E-state index contributed by atoms with van der Waals surface area (Å²) in [6.45, 7) is 1.94. The number of rotatable bonds is 3. The number of aromatic hydroxyl groups is 1. The molecule has 2 rings (SSSR count). The van der Waals surface area contributed by atoms with E-state index in [1.165, 1.54) is 0 Å². The molecule has 0 bridgehead atoms. The van der Waals surface area contributed by atoms with Crippen molar-refractivity contribution >= 4 is 27.5 Å². The Morgan fingerprint density at radius 2 is 2.05 bits per heavy atom. The van der Waals surface area contributed by atoms with Crippen LogP contribution in [0.4, 0.5) is 5.69 Å². The highest BCUT2D eigenvalue weighted by Crippen LogP contribution is 2.20. The zero-order valence-electron chi connectivity index (χ0n) is 10.5. The summed E-state index contributed by atoms with van der Waals surface area (Å²) in [5, 5.41) is 12.2. The third-order valence-corrected chi connectivity index (χ3v) is 3.23. The lowest BCUT2D eigenvalue weighted by molar-refractivity contribution is -0.115. The summed E-state index contributed by atoms with van der Waals surface area (Å²) >= 11 is 3.38. The summed E-state index contributed by atoms with van der Waals surface area (Å²) < 4.78 is 0.982. The Kier molecular flexibility index (Phi) is 4.22. The average molecular weight is 320 g/mol. The zero-order chi connectivity index (χ0) is 13.8. The Bertz CT molecular complexity index is 611. The molecule has 0 aliphatic rings. The van der Waals surface area contributed by atoms with E-state index in [1.54, 1.807) is 18.2 Å². The SMILES string of the molecule is Cc1cc(Br)ccc1NC(=O)Cc1cccc(O)c1. The minimum Gasteiger partial charge on any atom is -0.508 e. The van der Waals surface area contributed by atoms with Crippen LogP contribution < -0.4 is 5.32 Å². The van der Waals surface area contributed by atoms with Gasteiger partial charge in [0.1, 0.15) is 5.75 Å². The lowest BCUT2D eigenvalue weighted by Gasteiger charge is -2.09. The molecule has 1 amide bonds. The fraction of sp³-hybridized carbons (Fsp3) is 0.133. The molecular formula is C15H14BrNO2. The number of hydrogen-bond donors (Lipinski definition) is 2. The molecule has 0 fully saturated rings. The van der Waals surface area contributed by atoms with Crippen molar-refractivity contribution in [3.63, 3.8) is 0 Å². The van der Waals surface area contributed by atoms with Gasteiger partial charge in [0.15, 0.2) is 0 Å². The Balaban J connectivity index is 2.05. The molecule has 2 aromatic carbocycles. The van der Waals surface area contributed by atoms with Crippen LogP contribution in [0.2, 0.25) is 0 Å². The molecule has 2 aromatic rings. The monoisotopic (exact) mass is 319 g/mol. The van der Waals surface area contributed by atoms with Crippen LogP contribution in [0.3, 0.4) is 0 Å². The van der Waals surface area contributed by atoms with Gasteiger partial charge in [0.25, 0.3) is 0 Å². The molecule has 2 N–H and O–H groups in total. The van der Waals surface area contributed by atoms with Crippen LogP contribution in [0.25, 0.3) is 0 Å². The number of carbonyl (C=O) groups is 1. The van der Waals surface area contributed by atoms with E-state index in [-0.39, 0.29) is 18.1 Å². The third kappa shape index (κ3) is 3.83. The second-order valence-corrected chi connectivity index (χ2v) is 5.27. The molecule has 19 heavy (non-hydrogen) atoms. The van der Waals surface area contributed by atoms with Crippen LogP contribution in [0.5, 0.6) is 5.75 Å². The molecule has 98 valence electrons. The maximum atomic E-state index is 11.9.